The summed E-state index contributed by atoms with van der Waals surface area (Å²) in [6, 6.07) is 3.07. The highest BCUT2D eigenvalue weighted by Crippen LogP contribution is 2.17. The van der Waals surface area contributed by atoms with Crippen molar-refractivity contribution in [2.75, 3.05) is 12.4 Å². The Bertz CT molecular complexity index is 726. The summed E-state index contributed by atoms with van der Waals surface area (Å²) in [4.78, 5) is 16.4. The fourth-order valence-electron chi connectivity index (χ4n) is 1.63. The zero-order valence-electron chi connectivity index (χ0n) is 10.5. The molecule has 0 aromatic carbocycles. The third-order valence-electron chi connectivity index (χ3n) is 2.52. The molecule has 3 aromatic heterocycles. The van der Waals surface area contributed by atoms with Crippen LogP contribution in [-0.2, 0) is 0 Å². The molecule has 0 amide bonds. The normalized spacial score (nSPS) is 10.5. The van der Waals surface area contributed by atoms with Crippen molar-refractivity contribution in [3.63, 3.8) is 0 Å². The Hall–Kier alpha value is -2.90. The summed E-state index contributed by atoms with van der Waals surface area (Å²) in [5.74, 6) is 0.579. The van der Waals surface area contributed by atoms with Gasteiger partial charge in [0.25, 0.3) is 5.95 Å². The summed E-state index contributed by atoms with van der Waals surface area (Å²) < 4.78 is 14.7. The maximum absolute atomic E-state index is 13.2. The number of rotatable bonds is 3. The van der Waals surface area contributed by atoms with Crippen molar-refractivity contribution < 1.29 is 4.39 Å². The molecule has 0 aliphatic carbocycles. The van der Waals surface area contributed by atoms with Gasteiger partial charge in [0.15, 0.2) is 5.82 Å². The fourth-order valence-corrected chi connectivity index (χ4v) is 1.63. The van der Waals surface area contributed by atoms with Gasteiger partial charge in [-0.1, -0.05) is 0 Å². The van der Waals surface area contributed by atoms with Gasteiger partial charge >= 0.3 is 0 Å². The fraction of sp³-hybridized carbons (Fsp3) is 0.0833. The number of aromatic nitrogens is 6. The number of halogens is 1. The monoisotopic (exact) mass is 271 g/mol. The number of nitrogens with one attached hydrogen (secondary N) is 1. The predicted octanol–water partition coefficient (Wildman–Crippen LogP) is 1.30. The van der Waals surface area contributed by atoms with E-state index in [-0.39, 0.29) is 0 Å². The Morgan fingerprint density at radius 2 is 2.10 bits per heavy atom. The van der Waals surface area contributed by atoms with E-state index >= 15 is 0 Å². The lowest BCUT2D eigenvalue weighted by Gasteiger charge is -2.06. The summed E-state index contributed by atoms with van der Waals surface area (Å²) in [6.45, 7) is 0. The summed E-state index contributed by atoms with van der Waals surface area (Å²) in [5.41, 5.74) is 0.470. The summed E-state index contributed by atoms with van der Waals surface area (Å²) >= 11 is 0. The molecule has 8 heteroatoms. The lowest BCUT2D eigenvalue weighted by Crippen LogP contribution is -2.08. The second-order valence-electron chi connectivity index (χ2n) is 3.88. The molecule has 0 spiro atoms. The topological polar surface area (TPSA) is 81.4 Å². The molecule has 3 rings (SSSR count). The Morgan fingerprint density at radius 3 is 2.80 bits per heavy atom. The molecule has 0 saturated heterocycles. The molecule has 0 atom stereocenters. The molecule has 0 fully saturated rings. The molecule has 0 aliphatic heterocycles. The molecular weight excluding hydrogens is 261 g/mol. The van der Waals surface area contributed by atoms with E-state index in [4.69, 9.17) is 0 Å². The molecule has 3 aromatic rings. The van der Waals surface area contributed by atoms with Crippen LogP contribution in [0.3, 0.4) is 0 Å². The second kappa shape index (κ2) is 5.00. The molecule has 7 nitrogen and oxygen atoms in total. The van der Waals surface area contributed by atoms with Gasteiger partial charge in [-0.2, -0.15) is 20.1 Å². The van der Waals surface area contributed by atoms with Crippen LogP contribution in [0.2, 0.25) is 0 Å². The van der Waals surface area contributed by atoms with E-state index in [1.54, 1.807) is 25.5 Å². The Balaban J connectivity index is 2.14. The number of anilines is 1. The minimum atomic E-state index is -0.449. The van der Waals surface area contributed by atoms with E-state index in [2.05, 4.69) is 30.4 Å². The van der Waals surface area contributed by atoms with Gasteiger partial charge in [0.05, 0.1) is 6.20 Å². The zero-order valence-corrected chi connectivity index (χ0v) is 10.5. The van der Waals surface area contributed by atoms with Crippen molar-refractivity contribution in [2.45, 2.75) is 0 Å². The van der Waals surface area contributed by atoms with E-state index in [0.29, 0.717) is 23.3 Å². The molecule has 0 aliphatic rings. The molecule has 3 heterocycles. The second-order valence-corrected chi connectivity index (χ2v) is 3.88. The molecule has 0 unspecified atom stereocenters. The molecule has 1 N–H and O–H groups in total. The number of hydrogen-bond donors (Lipinski definition) is 1. The van der Waals surface area contributed by atoms with Crippen LogP contribution in [0.5, 0.6) is 0 Å². The van der Waals surface area contributed by atoms with Gasteiger partial charge in [0, 0.05) is 31.2 Å². The van der Waals surface area contributed by atoms with Crippen molar-refractivity contribution >= 4 is 5.95 Å². The SMILES string of the molecule is CNc1nc(-c2cncc(F)c2)nc(-n2cccn2)n1. The third-order valence-corrected chi connectivity index (χ3v) is 2.52. The van der Waals surface area contributed by atoms with Crippen molar-refractivity contribution in [1.82, 2.24) is 29.7 Å². The molecule has 0 bridgehead atoms. The first-order valence-corrected chi connectivity index (χ1v) is 5.81. The summed E-state index contributed by atoms with van der Waals surface area (Å²) in [7, 11) is 1.69. The molecule has 0 saturated carbocycles. The largest absolute Gasteiger partial charge is 0.357 e. The highest BCUT2D eigenvalue weighted by Gasteiger charge is 2.10. The molecular formula is C12H10FN7. The van der Waals surface area contributed by atoms with Crippen molar-refractivity contribution in [1.29, 1.82) is 0 Å². The number of nitrogens with zero attached hydrogens (tertiary/aromatic N) is 6. The summed E-state index contributed by atoms with van der Waals surface area (Å²) in [6.07, 6.45) is 5.94. The highest BCUT2D eigenvalue weighted by molar-refractivity contribution is 5.55. The van der Waals surface area contributed by atoms with Crippen LogP contribution < -0.4 is 5.32 Å². The van der Waals surface area contributed by atoms with E-state index in [0.717, 1.165) is 6.20 Å². The van der Waals surface area contributed by atoms with Gasteiger partial charge in [-0.25, -0.2) is 9.07 Å². The molecule has 100 valence electrons. The highest BCUT2D eigenvalue weighted by atomic mass is 19.1. The van der Waals surface area contributed by atoms with Crippen LogP contribution in [0, 0.1) is 5.82 Å². The molecule has 0 radical (unpaired) electrons. The predicted molar refractivity (Wildman–Crippen MR) is 69.7 cm³/mol. The Kier molecular flexibility index (Phi) is 3.04. The van der Waals surface area contributed by atoms with Crippen molar-refractivity contribution in [2.24, 2.45) is 0 Å². The van der Waals surface area contributed by atoms with E-state index in [1.807, 2.05) is 0 Å². The smallest absolute Gasteiger partial charge is 0.255 e. The van der Waals surface area contributed by atoms with Gasteiger partial charge in [-0.3, -0.25) is 4.98 Å². The maximum atomic E-state index is 13.2. The van der Waals surface area contributed by atoms with E-state index in [1.165, 1.54) is 16.9 Å². The Labute approximate surface area is 113 Å². The Morgan fingerprint density at radius 1 is 1.20 bits per heavy atom. The third kappa shape index (κ3) is 2.30. The maximum Gasteiger partial charge on any atom is 0.255 e. The number of pyridine rings is 1. The summed E-state index contributed by atoms with van der Waals surface area (Å²) in [5, 5.41) is 6.90. The number of hydrogen-bond acceptors (Lipinski definition) is 6. The van der Waals surface area contributed by atoms with E-state index < -0.39 is 5.82 Å². The average Bonchev–Trinajstić information content (AvgIpc) is 3.01. The average molecular weight is 271 g/mol. The minimum absolute atomic E-state index is 0.321. The minimum Gasteiger partial charge on any atom is -0.357 e. The van der Waals surface area contributed by atoms with Gasteiger partial charge in [-0.05, 0) is 12.1 Å². The lowest BCUT2D eigenvalue weighted by molar-refractivity contribution is 0.621. The zero-order chi connectivity index (χ0) is 13.9. The van der Waals surface area contributed by atoms with Gasteiger partial charge < -0.3 is 5.32 Å². The van der Waals surface area contributed by atoms with E-state index in [9.17, 15) is 4.39 Å². The quantitative estimate of drug-likeness (QED) is 0.773. The molecule has 20 heavy (non-hydrogen) atoms. The van der Waals surface area contributed by atoms with Crippen LogP contribution in [0.25, 0.3) is 17.3 Å². The van der Waals surface area contributed by atoms with Crippen LogP contribution in [0.1, 0.15) is 0 Å². The first-order chi connectivity index (χ1) is 9.76. The van der Waals surface area contributed by atoms with Gasteiger partial charge in [0.1, 0.15) is 5.82 Å². The first-order valence-electron chi connectivity index (χ1n) is 5.81. The first kappa shape index (κ1) is 12.2. The van der Waals surface area contributed by atoms with Gasteiger partial charge in [0.2, 0.25) is 5.95 Å². The van der Waals surface area contributed by atoms with Crippen LogP contribution in [-0.4, -0.2) is 36.8 Å². The lowest BCUT2D eigenvalue weighted by atomic mass is 10.2. The standard InChI is InChI=1S/C12H10FN7/c1-14-11-17-10(8-5-9(13)7-15-6-8)18-12(19-11)20-4-2-3-16-20/h2-7H,1H3,(H,14,17,18,19). The van der Waals surface area contributed by atoms with Gasteiger partial charge in [-0.15, -0.1) is 0 Å². The van der Waals surface area contributed by atoms with Crippen LogP contribution in [0.15, 0.2) is 36.9 Å². The van der Waals surface area contributed by atoms with Crippen LogP contribution in [0.4, 0.5) is 10.3 Å². The van der Waals surface area contributed by atoms with Crippen molar-refractivity contribution in [3.05, 3.63) is 42.7 Å². The van der Waals surface area contributed by atoms with Crippen LogP contribution >= 0.6 is 0 Å². The van der Waals surface area contributed by atoms with Crippen molar-refractivity contribution in [3.8, 4) is 17.3 Å².